The molecule has 1 N–H and O–H groups in total. The van der Waals surface area contributed by atoms with Crippen LogP contribution < -0.4 is 5.32 Å². The minimum Gasteiger partial charge on any atom is -0.316 e. The van der Waals surface area contributed by atoms with Crippen LogP contribution in [-0.2, 0) is 19.3 Å². The van der Waals surface area contributed by atoms with Crippen LogP contribution in [0.3, 0.4) is 0 Å². The maximum Gasteiger partial charge on any atom is 0.123 e. The largest absolute Gasteiger partial charge is 0.316 e. The first-order chi connectivity index (χ1) is 9.71. The van der Waals surface area contributed by atoms with Crippen molar-refractivity contribution in [1.82, 2.24) is 5.32 Å². The maximum absolute atomic E-state index is 12.9. The molecule has 2 aromatic carbocycles. The number of halogens is 1. The molecule has 2 rings (SSSR count). The highest BCUT2D eigenvalue weighted by Crippen LogP contribution is 2.11. The topological polar surface area (TPSA) is 12.0 Å². The van der Waals surface area contributed by atoms with Gasteiger partial charge in [0.25, 0.3) is 0 Å². The van der Waals surface area contributed by atoms with E-state index in [1.165, 1.54) is 23.3 Å². The van der Waals surface area contributed by atoms with Gasteiger partial charge < -0.3 is 5.32 Å². The van der Waals surface area contributed by atoms with Gasteiger partial charge in [-0.2, -0.15) is 0 Å². The van der Waals surface area contributed by atoms with Crippen molar-refractivity contribution in [2.24, 2.45) is 0 Å². The molecule has 2 aromatic rings. The molecule has 106 valence electrons. The predicted octanol–water partition coefficient (Wildman–Crippen LogP) is 3.76. The van der Waals surface area contributed by atoms with Crippen molar-refractivity contribution in [3.8, 4) is 0 Å². The minimum atomic E-state index is -0.176. The molecule has 0 aliphatic heterocycles. The van der Waals surface area contributed by atoms with Gasteiger partial charge in [-0.05, 0) is 55.1 Å². The van der Waals surface area contributed by atoms with Gasteiger partial charge in [-0.1, -0.05) is 43.3 Å². The van der Waals surface area contributed by atoms with Gasteiger partial charge in [0.05, 0.1) is 0 Å². The summed E-state index contributed by atoms with van der Waals surface area (Å²) in [6, 6.07) is 15.9. The van der Waals surface area contributed by atoms with Crippen LogP contribution in [-0.4, -0.2) is 13.1 Å². The van der Waals surface area contributed by atoms with Crippen molar-refractivity contribution in [3.05, 3.63) is 71.0 Å². The summed E-state index contributed by atoms with van der Waals surface area (Å²) < 4.78 is 12.9. The molecule has 0 fully saturated rings. The lowest BCUT2D eigenvalue weighted by Gasteiger charge is -2.16. The zero-order chi connectivity index (χ0) is 14.4. The lowest BCUT2D eigenvalue weighted by atomic mass is 9.98. The molecule has 20 heavy (non-hydrogen) atoms. The van der Waals surface area contributed by atoms with E-state index in [4.69, 9.17) is 0 Å². The van der Waals surface area contributed by atoms with Crippen molar-refractivity contribution in [2.45, 2.75) is 32.2 Å². The van der Waals surface area contributed by atoms with Crippen molar-refractivity contribution in [3.63, 3.8) is 0 Å². The Kier molecular flexibility index (Phi) is 5.31. The van der Waals surface area contributed by atoms with Gasteiger partial charge in [-0.15, -0.1) is 0 Å². The minimum absolute atomic E-state index is 0.176. The molecule has 0 amide bonds. The molecule has 0 saturated heterocycles. The molecule has 0 heterocycles. The third kappa shape index (κ3) is 4.17. The van der Waals surface area contributed by atoms with E-state index < -0.39 is 0 Å². The highest BCUT2D eigenvalue weighted by atomic mass is 19.1. The fourth-order valence-electron chi connectivity index (χ4n) is 2.38. The molecule has 0 aromatic heterocycles. The summed E-state index contributed by atoms with van der Waals surface area (Å²) in [5.41, 5.74) is 3.87. The van der Waals surface area contributed by atoms with Crippen molar-refractivity contribution >= 4 is 0 Å². The first kappa shape index (κ1) is 14.7. The van der Waals surface area contributed by atoms with E-state index in [-0.39, 0.29) is 5.82 Å². The number of likely N-dealkylation sites (N-methyl/N-ethyl adjacent to an activating group) is 1. The van der Waals surface area contributed by atoms with E-state index in [1.54, 1.807) is 0 Å². The van der Waals surface area contributed by atoms with Crippen molar-refractivity contribution < 1.29 is 4.39 Å². The van der Waals surface area contributed by atoms with Gasteiger partial charge in [0, 0.05) is 6.04 Å². The fourth-order valence-corrected chi connectivity index (χ4v) is 2.38. The Morgan fingerprint density at radius 2 is 1.30 bits per heavy atom. The van der Waals surface area contributed by atoms with Gasteiger partial charge in [0.1, 0.15) is 5.82 Å². The number of nitrogens with one attached hydrogen (secondary N) is 1. The molecule has 1 nitrogen and oxygen atoms in total. The Morgan fingerprint density at radius 1 is 0.850 bits per heavy atom. The molecule has 1 unspecified atom stereocenters. The van der Waals surface area contributed by atoms with E-state index in [1.807, 2.05) is 19.2 Å². The van der Waals surface area contributed by atoms with Crippen LogP contribution in [0.1, 0.15) is 23.6 Å². The van der Waals surface area contributed by atoms with Crippen LogP contribution in [0.5, 0.6) is 0 Å². The number of rotatable bonds is 6. The molecular formula is C18H22FN. The van der Waals surface area contributed by atoms with Gasteiger partial charge in [0.15, 0.2) is 0 Å². The van der Waals surface area contributed by atoms with E-state index in [2.05, 4.69) is 36.5 Å². The molecule has 0 spiro atoms. The number of aryl methyl sites for hydroxylation is 1. The summed E-state index contributed by atoms with van der Waals surface area (Å²) in [4.78, 5) is 0. The van der Waals surface area contributed by atoms with Crippen LogP contribution in [0.25, 0.3) is 0 Å². The smallest absolute Gasteiger partial charge is 0.123 e. The quantitative estimate of drug-likeness (QED) is 0.843. The normalized spacial score (nSPS) is 12.3. The molecule has 1 atom stereocenters. The molecule has 0 radical (unpaired) electrons. The molecule has 2 heteroatoms. The zero-order valence-corrected chi connectivity index (χ0v) is 12.2. The number of hydrogen-bond acceptors (Lipinski definition) is 1. The Bertz CT molecular complexity index is 516. The first-order valence-corrected chi connectivity index (χ1v) is 7.20. The third-order valence-electron chi connectivity index (χ3n) is 3.72. The second kappa shape index (κ2) is 7.20. The number of hydrogen-bond donors (Lipinski definition) is 1. The summed E-state index contributed by atoms with van der Waals surface area (Å²) in [7, 11) is 1.98. The van der Waals surface area contributed by atoms with Crippen LogP contribution in [0.15, 0.2) is 48.5 Å². The van der Waals surface area contributed by atoms with E-state index in [9.17, 15) is 4.39 Å². The van der Waals surface area contributed by atoms with E-state index in [0.717, 1.165) is 24.8 Å². The summed E-state index contributed by atoms with van der Waals surface area (Å²) in [6.07, 6.45) is 2.97. The highest BCUT2D eigenvalue weighted by Gasteiger charge is 2.08. The second-order valence-electron chi connectivity index (χ2n) is 5.19. The standard InChI is InChI=1S/C18H22FN/c1-3-14-4-6-15(7-5-14)12-18(20-2)13-16-8-10-17(19)11-9-16/h4-11,18,20H,3,12-13H2,1-2H3. The van der Waals surface area contributed by atoms with Crippen LogP contribution in [0.4, 0.5) is 4.39 Å². The second-order valence-corrected chi connectivity index (χ2v) is 5.19. The maximum atomic E-state index is 12.9. The Hall–Kier alpha value is -1.67. The lowest BCUT2D eigenvalue weighted by Crippen LogP contribution is -2.29. The summed E-state index contributed by atoms with van der Waals surface area (Å²) in [5.74, 6) is -0.176. The molecular weight excluding hydrogens is 249 g/mol. The summed E-state index contributed by atoms with van der Waals surface area (Å²) >= 11 is 0. The Labute approximate surface area is 120 Å². The van der Waals surface area contributed by atoms with Crippen LogP contribution >= 0.6 is 0 Å². The number of benzene rings is 2. The average molecular weight is 271 g/mol. The molecule has 0 aliphatic rings. The van der Waals surface area contributed by atoms with Gasteiger partial charge in [0.2, 0.25) is 0 Å². The molecule has 0 saturated carbocycles. The SMILES string of the molecule is CCc1ccc(CC(Cc2ccc(F)cc2)NC)cc1. The molecule has 0 bridgehead atoms. The van der Waals surface area contributed by atoms with Crippen molar-refractivity contribution in [1.29, 1.82) is 0 Å². The monoisotopic (exact) mass is 271 g/mol. The Morgan fingerprint density at radius 3 is 1.75 bits per heavy atom. The zero-order valence-electron chi connectivity index (χ0n) is 12.2. The first-order valence-electron chi connectivity index (χ1n) is 7.20. The van der Waals surface area contributed by atoms with Crippen LogP contribution in [0, 0.1) is 5.82 Å². The van der Waals surface area contributed by atoms with Crippen LogP contribution in [0.2, 0.25) is 0 Å². The third-order valence-corrected chi connectivity index (χ3v) is 3.72. The predicted molar refractivity (Wildman–Crippen MR) is 82.5 cm³/mol. The highest BCUT2D eigenvalue weighted by molar-refractivity contribution is 5.24. The van der Waals surface area contributed by atoms with Gasteiger partial charge >= 0.3 is 0 Å². The van der Waals surface area contributed by atoms with Gasteiger partial charge in [-0.25, -0.2) is 4.39 Å². The van der Waals surface area contributed by atoms with E-state index >= 15 is 0 Å². The Balaban J connectivity index is 1.99. The average Bonchev–Trinajstić information content (AvgIpc) is 2.49. The lowest BCUT2D eigenvalue weighted by molar-refractivity contribution is 0.555. The summed E-state index contributed by atoms with van der Waals surface area (Å²) in [6.45, 7) is 2.17. The fraction of sp³-hybridized carbons (Fsp3) is 0.333. The van der Waals surface area contributed by atoms with Gasteiger partial charge in [-0.3, -0.25) is 0 Å². The van der Waals surface area contributed by atoms with E-state index in [0.29, 0.717) is 6.04 Å². The van der Waals surface area contributed by atoms with Crippen molar-refractivity contribution in [2.75, 3.05) is 7.05 Å². The summed E-state index contributed by atoms with van der Waals surface area (Å²) in [5, 5.41) is 3.35. The molecule has 0 aliphatic carbocycles.